The molecule has 11 heteroatoms. The molecule has 0 bridgehead atoms. The molecule has 0 radical (unpaired) electrons. The zero-order chi connectivity index (χ0) is 24.0. The van der Waals surface area contributed by atoms with E-state index in [4.69, 9.17) is 9.84 Å². The molecule has 0 aliphatic rings. The van der Waals surface area contributed by atoms with E-state index in [1.807, 2.05) is 6.92 Å². The summed E-state index contributed by atoms with van der Waals surface area (Å²) in [6, 6.07) is 2.30. The average Bonchev–Trinajstić information content (AvgIpc) is 3.32. The maximum Gasteiger partial charge on any atom is 0.417 e. The van der Waals surface area contributed by atoms with E-state index in [1.54, 1.807) is 24.1 Å². The first-order chi connectivity index (χ1) is 15.7. The molecule has 33 heavy (non-hydrogen) atoms. The molecule has 3 aromatic rings. The average molecular weight is 465 g/mol. The Morgan fingerprint density at radius 2 is 1.91 bits per heavy atom. The maximum absolute atomic E-state index is 12.8. The summed E-state index contributed by atoms with van der Waals surface area (Å²) in [6.45, 7) is 2.41. The zero-order valence-corrected chi connectivity index (χ0v) is 18.5. The lowest BCUT2D eigenvalue weighted by Gasteiger charge is -2.06. The summed E-state index contributed by atoms with van der Waals surface area (Å²) >= 11 is 0. The lowest BCUT2D eigenvalue weighted by Crippen LogP contribution is -2.07. The molecule has 0 unspecified atom stereocenters. The highest BCUT2D eigenvalue weighted by Gasteiger charge is 2.30. The van der Waals surface area contributed by atoms with Crippen LogP contribution in [0, 0.1) is 0 Å². The normalized spacial score (nSPS) is 11.7. The van der Waals surface area contributed by atoms with Gasteiger partial charge in [-0.3, -0.25) is 9.48 Å². The quantitative estimate of drug-likeness (QED) is 0.430. The largest absolute Gasteiger partial charge is 0.481 e. The van der Waals surface area contributed by atoms with E-state index in [2.05, 4.69) is 15.2 Å². The summed E-state index contributed by atoms with van der Waals surface area (Å²) in [5.74, 6) is -0.135. The maximum atomic E-state index is 12.8. The second-order valence-corrected chi connectivity index (χ2v) is 7.68. The molecule has 0 fully saturated rings. The third-order valence-electron chi connectivity index (χ3n) is 4.98. The van der Waals surface area contributed by atoms with E-state index in [1.165, 1.54) is 10.7 Å². The first-order valence-corrected chi connectivity index (χ1v) is 10.7. The van der Waals surface area contributed by atoms with Crippen molar-refractivity contribution >= 4 is 5.97 Å². The highest BCUT2D eigenvalue weighted by atomic mass is 19.4. The van der Waals surface area contributed by atoms with Crippen molar-refractivity contribution in [1.29, 1.82) is 0 Å². The molecule has 178 valence electrons. The molecular weight excluding hydrogens is 439 g/mol. The predicted molar refractivity (Wildman–Crippen MR) is 113 cm³/mol. The second kappa shape index (κ2) is 10.5. The molecule has 0 saturated heterocycles. The Balaban J connectivity index is 1.63. The molecule has 0 atom stereocenters. The van der Waals surface area contributed by atoms with E-state index >= 15 is 0 Å². The monoisotopic (exact) mass is 465 g/mol. The van der Waals surface area contributed by atoms with Gasteiger partial charge in [0.2, 0.25) is 5.88 Å². The molecule has 1 N–H and O–H groups in total. The number of carboxylic acid groups (broad SMARTS) is 1. The summed E-state index contributed by atoms with van der Waals surface area (Å²) in [6.07, 6.45) is 3.19. The van der Waals surface area contributed by atoms with Gasteiger partial charge in [0.05, 0.1) is 17.9 Å². The lowest BCUT2D eigenvalue weighted by molar-refractivity contribution is -0.138. The van der Waals surface area contributed by atoms with Crippen LogP contribution in [0.2, 0.25) is 0 Å². The Morgan fingerprint density at radius 3 is 2.55 bits per heavy atom. The Hall–Kier alpha value is -3.37. The topological polar surface area (TPSA) is 95.1 Å². The fourth-order valence-corrected chi connectivity index (χ4v) is 3.39. The number of carbonyl (C=O) groups is 1. The summed E-state index contributed by atoms with van der Waals surface area (Å²) in [4.78, 5) is 14.7. The van der Waals surface area contributed by atoms with Crippen LogP contribution in [-0.2, 0) is 37.3 Å². The standard InChI is InChI=1S/C22H26F3N5O3/c1-3-5-18-15(14-30(27-18)19-9-8-17(12-26-19)22(23,24)25)6-4-11-33-21-16(7-10-20(31)32)13-29(2)28-21/h8-9,12-14H,3-7,10-11H2,1-2H3,(H,31,32). The van der Waals surface area contributed by atoms with Crippen molar-refractivity contribution in [1.82, 2.24) is 24.5 Å². The summed E-state index contributed by atoms with van der Waals surface area (Å²) in [5.41, 5.74) is 1.79. The summed E-state index contributed by atoms with van der Waals surface area (Å²) in [5, 5.41) is 17.6. The van der Waals surface area contributed by atoms with Crippen molar-refractivity contribution in [3.63, 3.8) is 0 Å². The van der Waals surface area contributed by atoms with Gasteiger partial charge in [0.15, 0.2) is 5.82 Å². The van der Waals surface area contributed by atoms with Crippen LogP contribution in [0.4, 0.5) is 13.2 Å². The molecule has 0 aromatic carbocycles. The van der Waals surface area contributed by atoms with Gasteiger partial charge < -0.3 is 9.84 Å². The van der Waals surface area contributed by atoms with Gasteiger partial charge in [-0.15, -0.1) is 5.10 Å². The van der Waals surface area contributed by atoms with Crippen molar-refractivity contribution in [2.24, 2.45) is 7.05 Å². The van der Waals surface area contributed by atoms with Gasteiger partial charge >= 0.3 is 12.1 Å². The Bertz CT molecular complexity index is 1070. The number of hydrogen-bond donors (Lipinski definition) is 1. The van der Waals surface area contributed by atoms with E-state index < -0.39 is 17.7 Å². The minimum atomic E-state index is -4.44. The number of nitrogens with zero attached hydrogens (tertiary/aromatic N) is 5. The fraction of sp³-hybridized carbons (Fsp3) is 0.455. The number of pyridine rings is 1. The van der Waals surface area contributed by atoms with Crippen LogP contribution in [0.15, 0.2) is 30.7 Å². The molecule has 8 nitrogen and oxygen atoms in total. The number of carboxylic acids is 1. The van der Waals surface area contributed by atoms with E-state index in [0.717, 1.165) is 41.9 Å². The molecule has 0 saturated carbocycles. The number of aliphatic carboxylic acids is 1. The van der Waals surface area contributed by atoms with Gasteiger partial charge in [0.1, 0.15) is 0 Å². The van der Waals surface area contributed by atoms with Crippen LogP contribution in [-0.4, -0.2) is 42.2 Å². The molecule has 0 aliphatic carbocycles. The van der Waals surface area contributed by atoms with E-state index in [-0.39, 0.29) is 6.42 Å². The highest BCUT2D eigenvalue weighted by Crippen LogP contribution is 2.28. The van der Waals surface area contributed by atoms with Gasteiger partial charge in [0, 0.05) is 37.6 Å². The van der Waals surface area contributed by atoms with E-state index in [9.17, 15) is 18.0 Å². The number of aromatic nitrogens is 5. The first kappa shape index (κ1) is 24.3. The smallest absolute Gasteiger partial charge is 0.417 e. The number of halogens is 3. The summed E-state index contributed by atoms with van der Waals surface area (Å²) in [7, 11) is 1.75. The number of aryl methyl sites for hydroxylation is 4. The van der Waals surface area contributed by atoms with Gasteiger partial charge in [0.25, 0.3) is 0 Å². The second-order valence-electron chi connectivity index (χ2n) is 7.68. The lowest BCUT2D eigenvalue weighted by atomic mass is 10.1. The molecule has 3 aromatic heterocycles. The predicted octanol–water partition coefficient (Wildman–Crippen LogP) is 4.00. The van der Waals surface area contributed by atoms with Gasteiger partial charge in [-0.05, 0) is 43.4 Å². The molecular formula is C22H26F3N5O3. The zero-order valence-electron chi connectivity index (χ0n) is 18.5. The van der Waals surface area contributed by atoms with Crippen LogP contribution >= 0.6 is 0 Å². The third-order valence-corrected chi connectivity index (χ3v) is 4.98. The van der Waals surface area contributed by atoms with Crippen LogP contribution in [0.3, 0.4) is 0 Å². The van der Waals surface area contributed by atoms with Crippen LogP contribution in [0.25, 0.3) is 5.82 Å². The van der Waals surface area contributed by atoms with Gasteiger partial charge in [-0.2, -0.15) is 18.3 Å². The summed E-state index contributed by atoms with van der Waals surface area (Å²) < 4.78 is 47.2. The molecule has 0 spiro atoms. The molecule has 3 rings (SSSR count). The van der Waals surface area contributed by atoms with Crippen molar-refractivity contribution < 1.29 is 27.8 Å². The number of hydrogen-bond acceptors (Lipinski definition) is 5. The third kappa shape index (κ3) is 6.56. The minimum absolute atomic E-state index is 0.000396. The van der Waals surface area contributed by atoms with Crippen molar-refractivity contribution in [2.75, 3.05) is 6.61 Å². The van der Waals surface area contributed by atoms with Gasteiger partial charge in [-0.1, -0.05) is 13.3 Å². The number of ether oxygens (including phenoxy) is 1. The van der Waals surface area contributed by atoms with Crippen molar-refractivity contribution in [3.8, 4) is 11.7 Å². The highest BCUT2D eigenvalue weighted by molar-refractivity contribution is 5.67. The SMILES string of the molecule is CCCc1nn(-c2ccc(C(F)(F)F)cn2)cc1CCCOc1nn(C)cc1CCC(=O)O. The van der Waals surface area contributed by atoms with Crippen molar-refractivity contribution in [2.45, 2.75) is 51.6 Å². The molecule has 3 heterocycles. The molecule has 0 aliphatic heterocycles. The Labute approximate surface area is 189 Å². The van der Waals surface area contributed by atoms with E-state index in [0.29, 0.717) is 37.6 Å². The van der Waals surface area contributed by atoms with Crippen LogP contribution in [0.1, 0.15) is 48.6 Å². The Morgan fingerprint density at radius 1 is 1.12 bits per heavy atom. The van der Waals surface area contributed by atoms with Crippen molar-refractivity contribution in [3.05, 3.63) is 53.1 Å². The number of alkyl halides is 3. The first-order valence-electron chi connectivity index (χ1n) is 10.7. The number of rotatable bonds is 11. The minimum Gasteiger partial charge on any atom is -0.481 e. The van der Waals surface area contributed by atoms with Crippen LogP contribution < -0.4 is 4.74 Å². The van der Waals surface area contributed by atoms with Gasteiger partial charge in [-0.25, -0.2) is 9.67 Å². The van der Waals surface area contributed by atoms with Crippen LogP contribution in [0.5, 0.6) is 5.88 Å². The fourth-order valence-electron chi connectivity index (χ4n) is 3.39. The molecule has 0 amide bonds. The Kier molecular flexibility index (Phi) is 7.72.